The van der Waals surface area contributed by atoms with Crippen molar-refractivity contribution in [2.45, 2.75) is 13.8 Å². The number of nitriles is 1. The number of pyridine rings is 1. The van der Waals surface area contributed by atoms with Gasteiger partial charge >= 0.3 is 0 Å². The molecule has 1 aromatic heterocycles. The van der Waals surface area contributed by atoms with Crippen molar-refractivity contribution < 1.29 is 14.3 Å². The highest BCUT2D eigenvalue weighted by molar-refractivity contribution is 9.10. The van der Waals surface area contributed by atoms with Gasteiger partial charge in [-0.05, 0) is 38.1 Å². The van der Waals surface area contributed by atoms with Crippen molar-refractivity contribution in [3.63, 3.8) is 0 Å². The number of hydrogen-bond acceptors (Lipinski definition) is 7. The number of rotatable bonds is 7. The molecule has 4 rings (SSSR count). The molecule has 1 aliphatic rings. The Labute approximate surface area is 212 Å². The first-order valence-electron chi connectivity index (χ1n) is 11.4. The standard InChI is InChI=1S/C26H26BrN5O3/c1-3-23(32-8-10-34-11-9-32)26(33)31-22-13-20-21(14-24(22)35-4-2)29-16-17(15-28)25(20)30-19-7-5-6-18(27)12-19/h3,5-7,12-14,16H,4,8-11H2,1-2H3,(H,29,30)(H,31,33). The summed E-state index contributed by atoms with van der Waals surface area (Å²) in [5, 5.41) is 16.8. The van der Waals surface area contributed by atoms with E-state index in [1.165, 1.54) is 6.20 Å². The summed E-state index contributed by atoms with van der Waals surface area (Å²) in [6.07, 6.45) is 3.34. The Morgan fingerprint density at radius 1 is 1.31 bits per heavy atom. The lowest BCUT2D eigenvalue weighted by molar-refractivity contribution is -0.114. The van der Waals surface area contributed by atoms with Gasteiger partial charge in [-0.2, -0.15) is 5.26 Å². The summed E-state index contributed by atoms with van der Waals surface area (Å²) in [5.74, 6) is 0.275. The average Bonchev–Trinajstić information content (AvgIpc) is 2.86. The van der Waals surface area contributed by atoms with Gasteiger partial charge in [-0.25, -0.2) is 0 Å². The molecule has 3 aromatic rings. The fraction of sp³-hybridized carbons (Fsp3) is 0.269. The number of hydrogen-bond donors (Lipinski definition) is 2. The van der Waals surface area contributed by atoms with Crippen LogP contribution in [-0.2, 0) is 9.53 Å². The van der Waals surface area contributed by atoms with Crippen molar-refractivity contribution in [2.24, 2.45) is 0 Å². The van der Waals surface area contributed by atoms with E-state index in [-0.39, 0.29) is 5.91 Å². The van der Waals surface area contributed by atoms with Crippen molar-refractivity contribution in [1.82, 2.24) is 9.88 Å². The van der Waals surface area contributed by atoms with E-state index in [1.54, 1.807) is 18.2 Å². The van der Waals surface area contributed by atoms with Gasteiger partial charge in [0.25, 0.3) is 5.91 Å². The molecule has 2 N–H and O–H groups in total. The van der Waals surface area contributed by atoms with Gasteiger partial charge in [0.1, 0.15) is 11.8 Å². The number of aromatic nitrogens is 1. The molecule has 180 valence electrons. The van der Waals surface area contributed by atoms with E-state index in [0.29, 0.717) is 72.2 Å². The van der Waals surface area contributed by atoms with Gasteiger partial charge in [0.05, 0.1) is 48.0 Å². The molecule has 1 fully saturated rings. The fourth-order valence-corrected chi connectivity index (χ4v) is 4.37. The number of morpholine rings is 1. The summed E-state index contributed by atoms with van der Waals surface area (Å²) in [6.45, 7) is 6.62. The zero-order chi connectivity index (χ0) is 24.8. The number of carbonyl (C=O) groups is 1. The topological polar surface area (TPSA) is 99.5 Å². The third-order valence-corrected chi connectivity index (χ3v) is 6.08. The Morgan fingerprint density at radius 3 is 2.80 bits per heavy atom. The Morgan fingerprint density at radius 2 is 2.11 bits per heavy atom. The number of ether oxygens (including phenoxy) is 2. The first-order chi connectivity index (χ1) is 17.0. The second-order valence-electron chi connectivity index (χ2n) is 7.82. The molecule has 2 heterocycles. The molecule has 9 heteroatoms. The molecule has 1 saturated heterocycles. The maximum atomic E-state index is 13.3. The monoisotopic (exact) mass is 535 g/mol. The normalized spacial score (nSPS) is 13.9. The Hall–Kier alpha value is -3.61. The predicted molar refractivity (Wildman–Crippen MR) is 140 cm³/mol. The van der Waals surface area contributed by atoms with Gasteiger partial charge in [-0.3, -0.25) is 9.78 Å². The van der Waals surface area contributed by atoms with Crippen molar-refractivity contribution in [3.8, 4) is 11.8 Å². The minimum absolute atomic E-state index is 0.236. The van der Waals surface area contributed by atoms with Crippen LogP contribution in [0.4, 0.5) is 17.1 Å². The van der Waals surface area contributed by atoms with E-state index in [0.717, 1.165) is 10.2 Å². The zero-order valence-electron chi connectivity index (χ0n) is 19.6. The van der Waals surface area contributed by atoms with Gasteiger partial charge in [0.2, 0.25) is 0 Å². The lowest BCUT2D eigenvalue weighted by Gasteiger charge is -2.30. The first kappa shape index (κ1) is 24.5. The third kappa shape index (κ3) is 5.56. The molecule has 8 nitrogen and oxygen atoms in total. The zero-order valence-corrected chi connectivity index (χ0v) is 21.2. The summed E-state index contributed by atoms with van der Waals surface area (Å²) >= 11 is 3.48. The molecule has 1 amide bonds. The van der Waals surface area contributed by atoms with Crippen LogP contribution in [-0.4, -0.2) is 48.7 Å². The largest absolute Gasteiger partial charge is 0.492 e. The lowest BCUT2D eigenvalue weighted by Crippen LogP contribution is -2.39. The molecular weight excluding hydrogens is 510 g/mol. The summed E-state index contributed by atoms with van der Waals surface area (Å²) in [7, 11) is 0. The molecule has 0 unspecified atom stereocenters. The van der Waals surface area contributed by atoms with E-state index in [1.807, 2.05) is 43.0 Å². The van der Waals surface area contributed by atoms with Gasteiger partial charge in [-0.15, -0.1) is 0 Å². The van der Waals surface area contributed by atoms with Gasteiger partial charge < -0.3 is 25.0 Å². The molecule has 0 atom stereocenters. The van der Waals surface area contributed by atoms with Crippen LogP contribution in [0.15, 0.2) is 58.8 Å². The van der Waals surface area contributed by atoms with Crippen LogP contribution < -0.4 is 15.4 Å². The Kier molecular flexibility index (Phi) is 7.85. The van der Waals surface area contributed by atoms with Crippen LogP contribution in [0.3, 0.4) is 0 Å². The summed E-state index contributed by atoms with van der Waals surface area (Å²) in [4.78, 5) is 19.7. The lowest BCUT2D eigenvalue weighted by atomic mass is 10.1. The minimum atomic E-state index is -0.236. The summed E-state index contributed by atoms with van der Waals surface area (Å²) in [5.41, 5.74) is 3.53. The third-order valence-electron chi connectivity index (χ3n) is 5.59. The smallest absolute Gasteiger partial charge is 0.271 e. The first-order valence-corrected chi connectivity index (χ1v) is 12.2. The molecule has 0 radical (unpaired) electrons. The fourth-order valence-electron chi connectivity index (χ4n) is 3.97. The molecular formula is C26H26BrN5O3. The van der Waals surface area contributed by atoms with Crippen LogP contribution in [0.1, 0.15) is 19.4 Å². The number of anilines is 3. The van der Waals surface area contributed by atoms with E-state index in [9.17, 15) is 10.1 Å². The number of nitrogens with zero attached hydrogens (tertiary/aromatic N) is 3. The Balaban J connectivity index is 1.76. The van der Waals surface area contributed by atoms with Crippen LogP contribution in [0.5, 0.6) is 5.75 Å². The summed E-state index contributed by atoms with van der Waals surface area (Å²) < 4.78 is 12.2. The highest BCUT2D eigenvalue weighted by Gasteiger charge is 2.21. The molecule has 0 spiro atoms. The van der Waals surface area contributed by atoms with Crippen molar-refractivity contribution >= 4 is 49.8 Å². The van der Waals surface area contributed by atoms with Crippen molar-refractivity contribution in [2.75, 3.05) is 43.5 Å². The predicted octanol–water partition coefficient (Wildman–Crippen LogP) is 5.19. The maximum absolute atomic E-state index is 13.3. The van der Waals surface area contributed by atoms with E-state index >= 15 is 0 Å². The SMILES string of the molecule is CC=C(C(=O)Nc1cc2c(Nc3cccc(Br)c3)c(C#N)cnc2cc1OCC)N1CCOCC1. The van der Waals surface area contributed by atoms with E-state index in [4.69, 9.17) is 9.47 Å². The number of benzene rings is 2. The van der Waals surface area contributed by atoms with Crippen LogP contribution in [0.25, 0.3) is 10.9 Å². The number of amides is 1. The Bertz CT molecular complexity index is 1310. The van der Waals surface area contributed by atoms with Crippen molar-refractivity contribution in [1.29, 1.82) is 5.26 Å². The van der Waals surface area contributed by atoms with E-state index < -0.39 is 0 Å². The highest BCUT2D eigenvalue weighted by Crippen LogP contribution is 2.36. The van der Waals surface area contributed by atoms with Crippen molar-refractivity contribution in [3.05, 3.63) is 64.4 Å². The number of fused-ring (bicyclic) bond motifs is 1. The highest BCUT2D eigenvalue weighted by atomic mass is 79.9. The molecule has 0 bridgehead atoms. The molecule has 0 saturated carbocycles. The number of halogens is 1. The van der Waals surface area contributed by atoms with E-state index in [2.05, 4.69) is 37.6 Å². The van der Waals surface area contributed by atoms with Gasteiger partial charge in [0, 0.05) is 40.9 Å². The second-order valence-corrected chi connectivity index (χ2v) is 8.74. The van der Waals surface area contributed by atoms with Crippen LogP contribution in [0, 0.1) is 11.3 Å². The molecule has 0 aliphatic carbocycles. The molecule has 35 heavy (non-hydrogen) atoms. The number of nitrogens with one attached hydrogen (secondary N) is 2. The number of allylic oxidation sites excluding steroid dienone is 1. The average molecular weight is 536 g/mol. The maximum Gasteiger partial charge on any atom is 0.271 e. The second kappa shape index (κ2) is 11.2. The van der Waals surface area contributed by atoms with Gasteiger partial charge in [-0.1, -0.05) is 28.1 Å². The minimum Gasteiger partial charge on any atom is -0.492 e. The molecule has 1 aliphatic heterocycles. The molecule has 2 aromatic carbocycles. The summed E-state index contributed by atoms with van der Waals surface area (Å²) in [6, 6.07) is 13.5. The van der Waals surface area contributed by atoms with Gasteiger partial charge in [0.15, 0.2) is 0 Å². The van der Waals surface area contributed by atoms with Crippen LogP contribution >= 0.6 is 15.9 Å². The quantitative estimate of drug-likeness (QED) is 0.401. The van der Waals surface area contributed by atoms with Crippen LogP contribution in [0.2, 0.25) is 0 Å². The number of carbonyl (C=O) groups excluding carboxylic acids is 1.